The van der Waals surface area contributed by atoms with E-state index in [0.717, 1.165) is 35.1 Å². The molecule has 0 radical (unpaired) electrons. The molecule has 180 valence electrons. The summed E-state index contributed by atoms with van der Waals surface area (Å²) in [6, 6.07) is 16.3. The van der Waals surface area contributed by atoms with Gasteiger partial charge in [-0.25, -0.2) is 4.79 Å². The van der Waals surface area contributed by atoms with Crippen LogP contribution in [0.4, 0.5) is 4.79 Å². The molecule has 7 nitrogen and oxygen atoms in total. The summed E-state index contributed by atoms with van der Waals surface area (Å²) < 4.78 is 5.67. The lowest BCUT2D eigenvalue weighted by atomic mass is 9.96. The van der Waals surface area contributed by atoms with Crippen LogP contribution in [-0.2, 0) is 14.3 Å². The van der Waals surface area contributed by atoms with Crippen molar-refractivity contribution in [3.63, 3.8) is 0 Å². The highest BCUT2D eigenvalue weighted by Gasteiger charge is 2.43. The summed E-state index contributed by atoms with van der Waals surface area (Å²) in [5, 5.41) is 14.6. The Morgan fingerprint density at radius 3 is 2.21 bits per heavy atom. The van der Waals surface area contributed by atoms with E-state index >= 15 is 0 Å². The number of ether oxygens (including phenoxy) is 1. The number of carboxylic acids is 1. The van der Waals surface area contributed by atoms with Crippen LogP contribution in [0.25, 0.3) is 11.1 Å². The second-order valence-electron chi connectivity index (χ2n) is 9.49. The van der Waals surface area contributed by atoms with Gasteiger partial charge in [-0.2, -0.15) is 0 Å². The van der Waals surface area contributed by atoms with E-state index in [0.29, 0.717) is 25.8 Å². The number of alkyl carbamates (subject to hydrolysis) is 1. The summed E-state index contributed by atoms with van der Waals surface area (Å²) in [4.78, 5) is 36.6. The van der Waals surface area contributed by atoms with Gasteiger partial charge < -0.3 is 20.5 Å². The molecule has 0 heterocycles. The summed E-state index contributed by atoms with van der Waals surface area (Å²) in [7, 11) is 0. The standard InChI is InChI=1S/C27H32N2O5/c1-18(12-13-24(30)31)16-28-25(32)27(14-6-7-15-27)29-26(33)34-17-23-21-10-4-2-8-19(21)20-9-3-5-11-22(20)23/h2-5,8-11,18,23H,6-7,12-17H2,1H3,(H,28,32)(H,29,33)(H,30,31). The van der Waals surface area contributed by atoms with Crippen molar-refractivity contribution in [3.05, 3.63) is 59.7 Å². The highest BCUT2D eigenvalue weighted by molar-refractivity contribution is 5.90. The molecular weight excluding hydrogens is 432 g/mol. The van der Waals surface area contributed by atoms with E-state index < -0.39 is 17.6 Å². The molecule has 0 aliphatic heterocycles. The number of benzene rings is 2. The third-order valence-corrected chi connectivity index (χ3v) is 7.04. The van der Waals surface area contributed by atoms with Crippen molar-refractivity contribution in [3.8, 4) is 11.1 Å². The van der Waals surface area contributed by atoms with E-state index in [1.165, 1.54) is 0 Å². The summed E-state index contributed by atoms with van der Waals surface area (Å²) in [5.41, 5.74) is 3.63. The molecule has 1 unspecified atom stereocenters. The Morgan fingerprint density at radius 1 is 1.03 bits per heavy atom. The number of nitrogens with one attached hydrogen (secondary N) is 2. The van der Waals surface area contributed by atoms with Crippen molar-refractivity contribution in [1.29, 1.82) is 0 Å². The second-order valence-corrected chi connectivity index (χ2v) is 9.49. The quantitative estimate of drug-likeness (QED) is 0.508. The number of rotatable bonds is 9. The summed E-state index contributed by atoms with van der Waals surface area (Å²) in [6.07, 6.45) is 2.80. The van der Waals surface area contributed by atoms with Gasteiger partial charge in [0, 0.05) is 18.9 Å². The molecule has 3 N–H and O–H groups in total. The van der Waals surface area contributed by atoms with E-state index in [9.17, 15) is 14.4 Å². The van der Waals surface area contributed by atoms with Gasteiger partial charge in [0.2, 0.25) is 5.91 Å². The number of fused-ring (bicyclic) bond motifs is 3. The molecule has 0 bridgehead atoms. The van der Waals surface area contributed by atoms with Gasteiger partial charge in [0.05, 0.1) is 0 Å². The van der Waals surface area contributed by atoms with Crippen molar-refractivity contribution in [2.45, 2.75) is 56.9 Å². The lowest BCUT2D eigenvalue weighted by molar-refractivity contribution is -0.137. The van der Waals surface area contributed by atoms with E-state index in [1.807, 2.05) is 31.2 Å². The monoisotopic (exact) mass is 464 g/mol. The maximum atomic E-state index is 13.0. The van der Waals surface area contributed by atoms with Crippen molar-refractivity contribution < 1.29 is 24.2 Å². The van der Waals surface area contributed by atoms with Crippen LogP contribution in [0.1, 0.15) is 62.5 Å². The average Bonchev–Trinajstić information content (AvgIpc) is 3.43. The Labute approximate surface area is 199 Å². The molecule has 2 aromatic rings. The van der Waals surface area contributed by atoms with Crippen LogP contribution in [0.2, 0.25) is 0 Å². The smallest absolute Gasteiger partial charge is 0.408 e. The van der Waals surface area contributed by atoms with Crippen LogP contribution in [-0.4, -0.2) is 41.8 Å². The van der Waals surface area contributed by atoms with Crippen LogP contribution in [0, 0.1) is 5.92 Å². The molecule has 4 rings (SSSR count). The molecule has 7 heteroatoms. The molecule has 2 aliphatic rings. The number of carbonyl (C=O) groups excluding carboxylic acids is 2. The normalized spacial score (nSPS) is 16.9. The molecule has 0 spiro atoms. The number of amides is 2. The van der Waals surface area contributed by atoms with Crippen molar-refractivity contribution >= 4 is 18.0 Å². The van der Waals surface area contributed by atoms with Gasteiger partial charge in [-0.1, -0.05) is 68.3 Å². The summed E-state index contributed by atoms with van der Waals surface area (Å²) in [6.45, 7) is 2.48. The number of aliphatic carboxylic acids is 1. The van der Waals surface area contributed by atoms with E-state index in [2.05, 4.69) is 34.9 Å². The highest BCUT2D eigenvalue weighted by atomic mass is 16.5. The number of hydrogen-bond donors (Lipinski definition) is 3. The first-order chi connectivity index (χ1) is 16.4. The third kappa shape index (κ3) is 5.08. The van der Waals surface area contributed by atoms with Gasteiger partial charge in [-0.15, -0.1) is 0 Å². The lowest BCUT2D eigenvalue weighted by Crippen LogP contribution is -2.57. The predicted octanol–water partition coefficient (Wildman–Crippen LogP) is 4.46. The fraction of sp³-hybridized carbons (Fsp3) is 0.444. The van der Waals surface area contributed by atoms with E-state index in [4.69, 9.17) is 9.84 Å². The van der Waals surface area contributed by atoms with Crippen molar-refractivity contribution in [2.75, 3.05) is 13.2 Å². The zero-order valence-electron chi connectivity index (χ0n) is 19.5. The molecule has 0 aromatic heterocycles. The molecule has 2 amide bonds. The maximum Gasteiger partial charge on any atom is 0.408 e. The average molecular weight is 465 g/mol. The minimum atomic E-state index is -0.977. The zero-order chi connectivity index (χ0) is 24.1. The van der Waals surface area contributed by atoms with Gasteiger partial charge in [-0.3, -0.25) is 9.59 Å². The Kier molecular flexibility index (Phi) is 7.20. The number of carbonyl (C=O) groups is 3. The second kappa shape index (κ2) is 10.3. The molecule has 1 saturated carbocycles. The van der Waals surface area contributed by atoms with Gasteiger partial charge in [0.15, 0.2) is 0 Å². The Morgan fingerprint density at radius 2 is 1.62 bits per heavy atom. The van der Waals surface area contributed by atoms with Gasteiger partial charge in [-0.05, 0) is 47.4 Å². The first-order valence-corrected chi connectivity index (χ1v) is 12.0. The summed E-state index contributed by atoms with van der Waals surface area (Å²) in [5.74, 6) is -1.07. The molecular formula is C27H32N2O5. The van der Waals surface area contributed by atoms with Crippen molar-refractivity contribution in [2.24, 2.45) is 5.92 Å². The highest BCUT2D eigenvalue weighted by Crippen LogP contribution is 2.44. The molecule has 2 aliphatic carbocycles. The third-order valence-electron chi connectivity index (χ3n) is 7.04. The van der Waals surface area contributed by atoms with Crippen LogP contribution >= 0.6 is 0 Å². The molecule has 2 aromatic carbocycles. The Balaban J connectivity index is 1.36. The number of carboxylic acid groups (broad SMARTS) is 1. The zero-order valence-corrected chi connectivity index (χ0v) is 19.5. The summed E-state index contributed by atoms with van der Waals surface area (Å²) >= 11 is 0. The van der Waals surface area contributed by atoms with Crippen LogP contribution < -0.4 is 10.6 Å². The van der Waals surface area contributed by atoms with Gasteiger partial charge >= 0.3 is 12.1 Å². The fourth-order valence-corrected chi connectivity index (χ4v) is 5.13. The minimum Gasteiger partial charge on any atom is -0.481 e. The van der Waals surface area contributed by atoms with Crippen LogP contribution in [0.3, 0.4) is 0 Å². The van der Waals surface area contributed by atoms with Crippen LogP contribution in [0.5, 0.6) is 0 Å². The Hall–Kier alpha value is -3.35. The van der Waals surface area contributed by atoms with E-state index in [-0.39, 0.29) is 30.8 Å². The van der Waals surface area contributed by atoms with Crippen LogP contribution in [0.15, 0.2) is 48.5 Å². The Bertz CT molecular complexity index is 1010. The molecule has 1 atom stereocenters. The first-order valence-electron chi connectivity index (χ1n) is 12.0. The van der Waals surface area contributed by atoms with E-state index in [1.54, 1.807) is 0 Å². The molecule has 34 heavy (non-hydrogen) atoms. The largest absolute Gasteiger partial charge is 0.481 e. The number of hydrogen-bond acceptors (Lipinski definition) is 4. The van der Waals surface area contributed by atoms with Gasteiger partial charge in [0.1, 0.15) is 12.1 Å². The first kappa shape index (κ1) is 23.8. The maximum absolute atomic E-state index is 13.0. The predicted molar refractivity (Wildman–Crippen MR) is 128 cm³/mol. The van der Waals surface area contributed by atoms with Crippen molar-refractivity contribution in [1.82, 2.24) is 10.6 Å². The minimum absolute atomic E-state index is 0.0351. The fourth-order valence-electron chi connectivity index (χ4n) is 5.13. The molecule has 1 fully saturated rings. The lowest BCUT2D eigenvalue weighted by Gasteiger charge is -2.29. The molecule has 0 saturated heterocycles. The topological polar surface area (TPSA) is 105 Å². The SMILES string of the molecule is CC(CCC(=O)O)CNC(=O)C1(NC(=O)OCC2c3ccccc3-c3ccccc32)CCCC1. The van der Waals surface area contributed by atoms with Gasteiger partial charge in [0.25, 0.3) is 0 Å².